The first kappa shape index (κ1) is 14.6. The molecule has 16 heavy (non-hydrogen) atoms. The molecule has 2 heteroatoms. The Morgan fingerprint density at radius 3 is 2.12 bits per heavy atom. The Balaban J connectivity index is 0.000000318. The molecule has 2 aromatic carbocycles. The summed E-state index contributed by atoms with van der Waals surface area (Å²) in [5.74, 6) is 0.0971. The fraction of sp³-hybridized carbons (Fsp3) is 0.0714. The summed E-state index contributed by atoms with van der Waals surface area (Å²) in [5, 5.41) is 0. The second kappa shape index (κ2) is 7.86. The zero-order valence-corrected chi connectivity index (χ0v) is 10.3. The first-order chi connectivity index (χ1) is 7.25. The van der Waals surface area contributed by atoms with Gasteiger partial charge in [-0.1, -0.05) is 11.1 Å². The van der Waals surface area contributed by atoms with Crippen LogP contribution in [0.1, 0.15) is 22.8 Å². The average Bonchev–Trinajstić information content (AvgIpc) is 2.92. The van der Waals surface area contributed by atoms with Crippen LogP contribution in [0, 0.1) is 0 Å². The van der Waals surface area contributed by atoms with Crippen molar-refractivity contribution in [2.75, 3.05) is 0 Å². The molecule has 0 amide bonds. The largest absolute Gasteiger partial charge is 0.748 e. The maximum atomic E-state index is 10.8. The average molecular weight is 254 g/mol. The van der Waals surface area contributed by atoms with Crippen LogP contribution in [0.5, 0.6) is 0 Å². The summed E-state index contributed by atoms with van der Waals surface area (Å²) in [6, 6.07) is 15.5. The Labute approximate surface area is 107 Å². The molecule has 0 unspecified atom stereocenters. The molecule has 0 heterocycles. The molecule has 0 aliphatic carbocycles. The van der Waals surface area contributed by atoms with Gasteiger partial charge in [0.15, 0.2) is 0 Å². The van der Waals surface area contributed by atoms with Crippen LogP contribution in [-0.4, -0.2) is 5.78 Å². The summed E-state index contributed by atoms with van der Waals surface area (Å²) in [4.78, 5) is 10.8. The summed E-state index contributed by atoms with van der Waals surface area (Å²) in [5.41, 5.74) is 1.68. The monoisotopic (exact) mass is 254 g/mol. The van der Waals surface area contributed by atoms with E-state index in [4.69, 9.17) is 0 Å². The van der Waals surface area contributed by atoms with Crippen LogP contribution in [-0.2, 0) is 17.1 Å². The van der Waals surface area contributed by atoms with Crippen LogP contribution in [0.2, 0.25) is 0 Å². The number of hydrogen-bond acceptors (Lipinski definition) is 1. The number of hydrogen-bond donors (Lipinski definition) is 0. The number of Topliss-reactive ketones (excluding diaryl/α,β-unsaturated/α-hetero) is 1. The molecule has 90 valence electrons. The van der Waals surface area contributed by atoms with Gasteiger partial charge < -0.3 is 35.1 Å². The van der Waals surface area contributed by atoms with Gasteiger partial charge in [-0.05, 0) is 6.92 Å². The zero-order chi connectivity index (χ0) is 11.1. The van der Waals surface area contributed by atoms with Gasteiger partial charge in [-0.3, -0.25) is 0 Å². The second-order valence-corrected chi connectivity index (χ2v) is 3.12. The van der Waals surface area contributed by atoms with Crippen molar-refractivity contribution in [3.8, 4) is 0 Å². The van der Waals surface area contributed by atoms with E-state index in [2.05, 4.69) is 6.58 Å². The van der Waals surface area contributed by atoms with E-state index in [-0.39, 0.29) is 22.9 Å². The standard InChI is InChI=1S/C9H9O.C5H5.Fe/c1-3-8-5-4-6-9(8)7(2)10;1-2-4-5-3-1;/h3-6H,1H2,2H3;1-5H;/q-1;-5;. The fourth-order valence-corrected chi connectivity index (χ4v) is 1.25. The van der Waals surface area contributed by atoms with Crippen molar-refractivity contribution < 1.29 is 21.9 Å². The molecule has 2 rings (SSSR count). The van der Waals surface area contributed by atoms with Crippen LogP contribution < -0.4 is 0 Å². The van der Waals surface area contributed by atoms with E-state index in [1.165, 1.54) is 0 Å². The van der Waals surface area contributed by atoms with E-state index < -0.39 is 0 Å². The molecule has 0 aliphatic heterocycles. The molecule has 0 saturated heterocycles. The van der Waals surface area contributed by atoms with Gasteiger partial charge in [-0.2, -0.15) is 12.6 Å². The van der Waals surface area contributed by atoms with Crippen LogP contribution in [0.3, 0.4) is 0 Å². The van der Waals surface area contributed by atoms with Gasteiger partial charge in [0.25, 0.3) is 0 Å². The number of carbonyl (C=O) groups excluding carboxylic acids is 1. The van der Waals surface area contributed by atoms with Crippen molar-refractivity contribution in [3.63, 3.8) is 0 Å². The number of ketones is 1. The van der Waals surface area contributed by atoms with Crippen LogP contribution in [0.25, 0.3) is 6.08 Å². The van der Waals surface area contributed by atoms with Gasteiger partial charge >= 0.3 is 0 Å². The third kappa shape index (κ3) is 4.43. The van der Waals surface area contributed by atoms with Crippen molar-refractivity contribution in [2.45, 2.75) is 6.92 Å². The minimum atomic E-state index is 0. The summed E-state index contributed by atoms with van der Waals surface area (Å²) >= 11 is 0. The third-order valence-corrected chi connectivity index (χ3v) is 2.00. The van der Waals surface area contributed by atoms with Crippen LogP contribution in [0.15, 0.2) is 55.1 Å². The maximum absolute atomic E-state index is 10.8. The quantitative estimate of drug-likeness (QED) is 0.454. The summed E-state index contributed by atoms with van der Waals surface area (Å²) < 4.78 is 0. The molecule has 0 fully saturated rings. The van der Waals surface area contributed by atoms with E-state index in [0.717, 1.165) is 11.1 Å². The minimum absolute atomic E-state index is 0. The summed E-state index contributed by atoms with van der Waals surface area (Å²) in [6.07, 6.45) is 1.69. The van der Waals surface area contributed by atoms with Crippen molar-refractivity contribution in [1.82, 2.24) is 0 Å². The Kier molecular flexibility index (Phi) is 7.19. The molecule has 1 nitrogen and oxygen atoms in total. The molecule has 0 spiro atoms. The van der Waals surface area contributed by atoms with Gasteiger partial charge in [-0.25, -0.2) is 0 Å². The normalized spacial score (nSPS) is 8.31. The van der Waals surface area contributed by atoms with Gasteiger partial charge in [0, 0.05) is 17.1 Å². The maximum Gasteiger partial charge on any atom is 0.0927 e. The van der Waals surface area contributed by atoms with Crippen molar-refractivity contribution >= 4 is 11.9 Å². The van der Waals surface area contributed by atoms with Crippen molar-refractivity contribution in [2.24, 2.45) is 0 Å². The van der Waals surface area contributed by atoms with Crippen molar-refractivity contribution in [3.05, 3.63) is 66.2 Å². The smallest absolute Gasteiger partial charge is 0.0927 e. The van der Waals surface area contributed by atoms with Crippen LogP contribution in [0.4, 0.5) is 0 Å². The van der Waals surface area contributed by atoms with E-state index >= 15 is 0 Å². The first-order valence-corrected chi connectivity index (χ1v) is 4.81. The molecule has 0 N–H and O–H groups in total. The van der Waals surface area contributed by atoms with E-state index in [9.17, 15) is 4.79 Å². The van der Waals surface area contributed by atoms with Crippen LogP contribution >= 0.6 is 0 Å². The second-order valence-electron chi connectivity index (χ2n) is 3.12. The molecular formula is C14H14FeO-6. The van der Waals surface area contributed by atoms with E-state index in [1.807, 2.05) is 42.5 Å². The Morgan fingerprint density at radius 2 is 1.81 bits per heavy atom. The number of carbonyl (C=O) groups is 1. The Bertz CT molecular complexity index is 392. The SMILES string of the molecule is C=C[c-]1cccc1C(C)=O.[Fe].[cH-]1[cH-][cH-][cH-][cH-]1. The van der Waals surface area contributed by atoms with E-state index in [1.54, 1.807) is 19.1 Å². The molecule has 2 aromatic rings. The van der Waals surface area contributed by atoms with Gasteiger partial charge in [0.05, 0.1) is 5.78 Å². The molecule has 0 saturated carbocycles. The zero-order valence-electron chi connectivity index (χ0n) is 9.17. The molecule has 0 aliphatic rings. The number of rotatable bonds is 2. The predicted octanol–water partition coefficient (Wildman–Crippen LogP) is 3.65. The molecule has 0 bridgehead atoms. The molecular weight excluding hydrogens is 240 g/mol. The topological polar surface area (TPSA) is 17.1 Å². The fourth-order valence-electron chi connectivity index (χ4n) is 1.25. The minimum Gasteiger partial charge on any atom is -0.748 e. The Morgan fingerprint density at radius 1 is 1.31 bits per heavy atom. The van der Waals surface area contributed by atoms with Gasteiger partial charge in [0.1, 0.15) is 0 Å². The first-order valence-electron chi connectivity index (χ1n) is 4.81. The van der Waals surface area contributed by atoms with Gasteiger partial charge in [-0.15, -0.1) is 18.2 Å². The molecule has 0 atom stereocenters. The molecule has 0 radical (unpaired) electrons. The summed E-state index contributed by atoms with van der Waals surface area (Å²) in [6.45, 7) is 5.15. The van der Waals surface area contributed by atoms with E-state index in [0.29, 0.717) is 0 Å². The van der Waals surface area contributed by atoms with Crippen molar-refractivity contribution in [1.29, 1.82) is 0 Å². The Hall–Kier alpha value is -1.37. The summed E-state index contributed by atoms with van der Waals surface area (Å²) in [7, 11) is 0. The predicted molar refractivity (Wildman–Crippen MR) is 64.2 cm³/mol. The molecule has 0 aromatic heterocycles. The third-order valence-electron chi connectivity index (χ3n) is 2.00. The van der Waals surface area contributed by atoms with Gasteiger partial charge in [0.2, 0.25) is 0 Å².